The van der Waals surface area contributed by atoms with Crippen molar-refractivity contribution < 1.29 is 4.42 Å². The molecule has 0 fully saturated rings. The SMILES string of the molecule is C/C=C\C=C\c1nc(C2=CC=CC=CC2)cc(-n2c3c(c4cc(-c5ccc6c(c5)C(C)(C)c5ccccc5N6c5ccccc5)ccc42)/C=C\CCc2nc(-c4ccccc4)oc2-3)n1. The van der Waals surface area contributed by atoms with E-state index in [1.54, 1.807) is 0 Å². The molecular weight excluding hydrogens is 783 g/mol. The summed E-state index contributed by atoms with van der Waals surface area (Å²) in [4.78, 5) is 18.0. The van der Waals surface area contributed by atoms with Crippen LogP contribution in [0.1, 0.15) is 67.5 Å². The molecule has 4 heterocycles. The highest BCUT2D eigenvalue weighted by Gasteiger charge is 2.37. The molecule has 0 saturated carbocycles. The van der Waals surface area contributed by atoms with Crippen molar-refractivity contribution in [2.75, 3.05) is 4.90 Å². The highest BCUT2D eigenvalue weighted by atomic mass is 16.4. The lowest BCUT2D eigenvalue weighted by molar-refractivity contribution is 0.583. The van der Waals surface area contributed by atoms with E-state index in [0.717, 1.165) is 92.3 Å². The van der Waals surface area contributed by atoms with Gasteiger partial charge in [-0.3, -0.25) is 4.57 Å². The summed E-state index contributed by atoms with van der Waals surface area (Å²) >= 11 is 0. The van der Waals surface area contributed by atoms with Crippen LogP contribution in [0.25, 0.3) is 68.5 Å². The Bertz CT molecular complexity index is 3280. The molecule has 6 nitrogen and oxygen atoms in total. The number of oxazole rings is 1. The van der Waals surface area contributed by atoms with Crippen molar-refractivity contribution in [3.8, 4) is 39.9 Å². The number of aryl methyl sites for hydroxylation is 1. The third kappa shape index (κ3) is 6.79. The van der Waals surface area contributed by atoms with Crippen LogP contribution in [-0.2, 0) is 11.8 Å². The summed E-state index contributed by atoms with van der Waals surface area (Å²) in [6.45, 7) is 6.71. The molecule has 11 rings (SSSR count). The molecule has 0 N–H and O–H groups in total. The molecule has 8 aromatic rings. The Hall–Kier alpha value is -7.83. The van der Waals surface area contributed by atoms with Crippen LogP contribution in [0.3, 0.4) is 0 Å². The molecule has 0 amide bonds. The molecular formula is C58H47N5O. The topological polar surface area (TPSA) is 60.0 Å². The zero-order valence-corrected chi connectivity index (χ0v) is 36.2. The standard InChI is InChI=1S/C58H47N5O/c1-4-5-10-31-53-59-49(39-21-11-6-7-12-22-39)38-54(61-53)63-50-34-32-41(36-45(50)44-27-17-19-29-48-56(55(44)63)64-57(60-48)40-23-13-8-14-24-40)42-33-35-52-47(37-42)58(2,3)46-28-18-20-30-51(46)62(52)43-25-15-9-16-26-43/h4-18,20-21,23-28,30-38H,19,22,29H2,1-3H3/b5-4-,27-17-,31-10+. The fourth-order valence-corrected chi connectivity index (χ4v) is 9.52. The quantitative estimate of drug-likeness (QED) is 0.150. The summed E-state index contributed by atoms with van der Waals surface area (Å²) in [5.74, 6) is 2.76. The van der Waals surface area contributed by atoms with Crippen molar-refractivity contribution >= 4 is 45.7 Å². The zero-order valence-electron chi connectivity index (χ0n) is 36.2. The minimum absolute atomic E-state index is 0.236. The van der Waals surface area contributed by atoms with Gasteiger partial charge >= 0.3 is 0 Å². The Morgan fingerprint density at radius 2 is 1.47 bits per heavy atom. The number of aromatic nitrogens is 4. The Morgan fingerprint density at radius 1 is 0.688 bits per heavy atom. The van der Waals surface area contributed by atoms with Gasteiger partial charge in [-0.05, 0) is 115 Å². The molecule has 0 atom stereocenters. The van der Waals surface area contributed by atoms with Crippen molar-refractivity contribution in [3.63, 3.8) is 0 Å². The predicted molar refractivity (Wildman–Crippen MR) is 264 cm³/mol. The van der Waals surface area contributed by atoms with E-state index in [2.05, 4.69) is 175 Å². The smallest absolute Gasteiger partial charge is 0.227 e. The normalized spacial score (nSPS) is 15.6. The van der Waals surface area contributed by atoms with E-state index in [-0.39, 0.29) is 5.41 Å². The van der Waals surface area contributed by atoms with Gasteiger partial charge in [-0.25, -0.2) is 15.0 Å². The van der Waals surface area contributed by atoms with Crippen LogP contribution in [0.2, 0.25) is 0 Å². The molecule has 3 aliphatic rings. The molecule has 6 heteroatoms. The maximum atomic E-state index is 6.93. The number of anilines is 3. The van der Waals surface area contributed by atoms with Crippen LogP contribution in [-0.4, -0.2) is 19.5 Å². The molecule has 0 unspecified atom stereocenters. The first-order valence-corrected chi connectivity index (χ1v) is 22.2. The van der Waals surface area contributed by atoms with Gasteiger partial charge in [0.2, 0.25) is 5.89 Å². The van der Waals surface area contributed by atoms with Gasteiger partial charge in [-0.15, -0.1) is 0 Å². The average Bonchev–Trinajstić information content (AvgIpc) is 3.74. The molecule has 0 bridgehead atoms. The van der Waals surface area contributed by atoms with Crippen LogP contribution >= 0.6 is 0 Å². The van der Waals surface area contributed by atoms with Gasteiger partial charge in [0.1, 0.15) is 11.5 Å². The highest BCUT2D eigenvalue weighted by molar-refractivity contribution is 6.01. The number of para-hydroxylation sites is 2. The summed E-state index contributed by atoms with van der Waals surface area (Å²) < 4.78 is 9.20. The molecule has 310 valence electrons. The van der Waals surface area contributed by atoms with Crippen LogP contribution in [0.4, 0.5) is 17.1 Å². The van der Waals surface area contributed by atoms with E-state index in [1.807, 2.05) is 49.4 Å². The average molecular weight is 830 g/mol. The lowest BCUT2D eigenvalue weighted by Crippen LogP contribution is -2.30. The van der Waals surface area contributed by atoms with E-state index < -0.39 is 0 Å². The Morgan fingerprint density at radius 3 is 2.33 bits per heavy atom. The third-order valence-corrected chi connectivity index (χ3v) is 12.7. The molecule has 0 spiro atoms. The Balaban J connectivity index is 1.14. The number of fused-ring (bicyclic) bond motifs is 7. The molecule has 3 aromatic heterocycles. The molecule has 0 radical (unpaired) electrons. The number of rotatable bonds is 7. The minimum atomic E-state index is -0.236. The lowest BCUT2D eigenvalue weighted by Gasteiger charge is -2.42. The summed E-state index contributed by atoms with van der Waals surface area (Å²) in [6, 6.07) is 45.7. The van der Waals surface area contributed by atoms with Gasteiger partial charge in [-0.2, -0.15) is 0 Å². The number of allylic oxidation sites excluding steroid dienone is 10. The Labute approximate surface area is 374 Å². The maximum Gasteiger partial charge on any atom is 0.227 e. The van der Waals surface area contributed by atoms with Crippen LogP contribution < -0.4 is 4.90 Å². The first kappa shape index (κ1) is 39.0. The van der Waals surface area contributed by atoms with Gasteiger partial charge in [0.25, 0.3) is 0 Å². The second kappa shape index (κ2) is 16.1. The van der Waals surface area contributed by atoms with Crippen LogP contribution in [0.15, 0.2) is 186 Å². The molecule has 5 aromatic carbocycles. The number of benzene rings is 5. The molecule has 1 aliphatic heterocycles. The van der Waals surface area contributed by atoms with Crippen molar-refractivity contribution in [2.24, 2.45) is 0 Å². The van der Waals surface area contributed by atoms with E-state index in [4.69, 9.17) is 19.4 Å². The van der Waals surface area contributed by atoms with Gasteiger partial charge in [0.05, 0.1) is 28.3 Å². The summed E-state index contributed by atoms with van der Waals surface area (Å²) in [6.07, 6.45) is 25.4. The monoisotopic (exact) mass is 829 g/mol. The summed E-state index contributed by atoms with van der Waals surface area (Å²) in [7, 11) is 0. The number of hydrogen-bond acceptors (Lipinski definition) is 5. The second-order valence-electron chi connectivity index (χ2n) is 17.0. The largest absolute Gasteiger partial charge is 0.434 e. The van der Waals surface area contributed by atoms with E-state index >= 15 is 0 Å². The van der Waals surface area contributed by atoms with Crippen molar-refractivity contribution in [1.82, 2.24) is 19.5 Å². The van der Waals surface area contributed by atoms with Crippen molar-refractivity contribution in [1.29, 1.82) is 0 Å². The van der Waals surface area contributed by atoms with Crippen LogP contribution in [0, 0.1) is 0 Å². The maximum absolute atomic E-state index is 6.93. The second-order valence-corrected chi connectivity index (χ2v) is 17.0. The number of nitrogens with zero attached hydrogens (tertiary/aromatic N) is 5. The van der Waals surface area contributed by atoms with Gasteiger partial charge in [0, 0.05) is 33.7 Å². The van der Waals surface area contributed by atoms with Gasteiger partial charge in [-0.1, -0.05) is 141 Å². The fraction of sp³-hybridized carbons (Fsp3) is 0.121. The molecule has 2 aliphatic carbocycles. The van der Waals surface area contributed by atoms with Crippen LogP contribution in [0.5, 0.6) is 0 Å². The summed E-state index contributed by atoms with van der Waals surface area (Å²) in [5, 5.41) is 1.10. The lowest BCUT2D eigenvalue weighted by atomic mass is 9.73. The van der Waals surface area contributed by atoms with Gasteiger partial charge < -0.3 is 9.32 Å². The predicted octanol–water partition coefficient (Wildman–Crippen LogP) is 15.0. The third-order valence-electron chi connectivity index (χ3n) is 12.7. The first-order valence-electron chi connectivity index (χ1n) is 22.2. The number of hydrogen-bond donors (Lipinski definition) is 0. The van der Waals surface area contributed by atoms with Crippen molar-refractivity contribution in [3.05, 3.63) is 216 Å². The van der Waals surface area contributed by atoms with E-state index in [9.17, 15) is 0 Å². The molecule has 64 heavy (non-hydrogen) atoms. The Kier molecular flexibility index (Phi) is 9.84. The summed E-state index contributed by atoms with van der Waals surface area (Å²) in [5.41, 5.74) is 15.1. The van der Waals surface area contributed by atoms with Crippen molar-refractivity contribution in [2.45, 2.75) is 45.4 Å². The first-order chi connectivity index (χ1) is 31.5. The van der Waals surface area contributed by atoms with E-state index in [1.165, 1.54) is 22.5 Å². The van der Waals surface area contributed by atoms with E-state index in [0.29, 0.717) is 11.7 Å². The fourth-order valence-electron chi connectivity index (χ4n) is 9.52. The minimum Gasteiger partial charge on any atom is -0.434 e. The highest BCUT2D eigenvalue weighted by Crippen LogP contribution is 2.53. The molecule has 0 saturated heterocycles. The van der Waals surface area contributed by atoms with Gasteiger partial charge in [0.15, 0.2) is 11.6 Å². The zero-order chi connectivity index (χ0) is 43.2.